The Morgan fingerprint density at radius 3 is 1.81 bits per heavy atom. The summed E-state index contributed by atoms with van der Waals surface area (Å²) in [5, 5.41) is 0. The van der Waals surface area contributed by atoms with Gasteiger partial charge in [0.15, 0.2) is 0 Å². The van der Waals surface area contributed by atoms with Crippen molar-refractivity contribution < 1.29 is 9.47 Å². The number of rotatable bonds is 4. The van der Waals surface area contributed by atoms with Gasteiger partial charge in [0.25, 0.3) is 0 Å². The van der Waals surface area contributed by atoms with Gasteiger partial charge in [-0.1, -0.05) is 24.3 Å². The molecule has 3 aromatic carbocycles. The number of hydrogen-bond donors (Lipinski definition) is 0. The van der Waals surface area contributed by atoms with E-state index in [1.807, 2.05) is 72.8 Å². The Kier molecular flexibility index (Phi) is 4.23. The zero-order valence-electron chi connectivity index (χ0n) is 14.6. The Hall–Kier alpha value is -3.40. The van der Waals surface area contributed by atoms with E-state index in [-0.39, 0.29) is 0 Å². The van der Waals surface area contributed by atoms with E-state index in [1.165, 1.54) is 0 Å². The number of ether oxygens (including phenoxy) is 2. The van der Waals surface area contributed by atoms with Gasteiger partial charge in [-0.05, 0) is 48.5 Å². The third-order valence-corrected chi connectivity index (χ3v) is 4.28. The topological polar surface area (TPSA) is 44.2 Å². The van der Waals surface area contributed by atoms with Gasteiger partial charge in [0.05, 0.1) is 36.6 Å². The molecule has 26 heavy (non-hydrogen) atoms. The van der Waals surface area contributed by atoms with E-state index in [4.69, 9.17) is 19.4 Å². The number of hydrogen-bond acceptors (Lipinski definition) is 4. The molecule has 0 bridgehead atoms. The second kappa shape index (κ2) is 6.84. The van der Waals surface area contributed by atoms with Gasteiger partial charge in [-0.3, -0.25) is 0 Å². The van der Waals surface area contributed by atoms with Gasteiger partial charge in [-0.2, -0.15) is 0 Å². The first kappa shape index (κ1) is 16.1. The lowest BCUT2D eigenvalue weighted by molar-refractivity contribution is 0.415. The Labute approximate surface area is 152 Å². The normalized spacial score (nSPS) is 10.7. The van der Waals surface area contributed by atoms with Crippen LogP contribution in [0.3, 0.4) is 0 Å². The lowest BCUT2D eigenvalue weighted by Crippen LogP contribution is -1.96. The van der Waals surface area contributed by atoms with E-state index in [2.05, 4.69) is 0 Å². The zero-order valence-corrected chi connectivity index (χ0v) is 14.6. The molecule has 0 unspecified atom stereocenters. The molecule has 0 saturated heterocycles. The number of nitrogens with zero attached hydrogens (tertiary/aromatic N) is 2. The Bertz CT molecular complexity index is 1060. The summed E-state index contributed by atoms with van der Waals surface area (Å²) in [5.74, 6) is 1.60. The molecular formula is C22H18N2O2. The van der Waals surface area contributed by atoms with E-state index < -0.39 is 0 Å². The molecule has 4 rings (SSSR count). The van der Waals surface area contributed by atoms with Crippen LogP contribution in [0.15, 0.2) is 72.8 Å². The highest BCUT2D eigenvalue weighted by Gasteiger charge is 2.14. The van der Waals surface area contributed by atoms with E-state index in [0.717, 1.165) is 45.0 Å². The summed E-state index contributed by atoms with van der Waals surface area (Å²) in [4.78, 5) is 9.78. The minimum absolute atomic E-state index is 0.790. The fourth-order valence-corrected chi connectivity index (χ4v) is 2.92. The van der Waals surface area contributed by atoms with Crippen LogP contribution >= 0.6 is 0 Å². The van der Waals surface area contributed by atoms with E-state index >= 15 is 0 Å². The molecule has 1 heterocycles. The molecule has 4 nitrogen and oxygen atoms in total. The minimum Gasteiger partial charge on any atom is -0.497 e. The highest BCUT2D eigenvalue weighted by molar-refractivity contribution is 5.86. The molecule has 0 atom stereocenters. The number of aromatic nitrogens is 2. The van der Waals surface area contributed by atoms with E-state index in [1.54, 1.807) is 14.2 Å². The van der Waals surface area contributed by atoms with Crippen molar-refractivity contribution in [3.63, 3.8) is 0 Å². The van der Waals surface area contributed by atoms with Gasteiger partial charge in [0.1, 0.15) is 11.5 Å². The molecule has 1 aromatic heterocycles. The molecule has 0 fully saturated rings. The van der Waals surface area contributed by atoms with E-state index in [0.29, 0.717) is 0 Å². The molecular weight excluding hydrogens is 324 g/mol. The first-order valence-corrected chi connectivity index (χ1v) is 8.34. The maximum atomic E-state index is 5.37. The zero-order chi connectivity index (χ0) is 17.9. The lowest BCUT2D eigenvalue weighted by Gasteiger charge is -2.12. The molecule has 0 radical (unpaired) electrons. The summed E-state index contributed by atoms with van der Waals surface area (Å²) in [7, 11) is 3.32. The summed E-state index contributed by atoms with van der Waals surface area (Å²) in [6, 6.07) is 23.6. The molecule has 0 aliphatic carbocycles. The Balaban J connectivity index is 1.96. The first-order valence-electron chi connectivity index (χ1n) is 8.34. The number of para-hydroxylation sites is 2. The van der Waals surface area contributed by atoms with Gasteiger partial charge in [-0.25, -0.2) is 9.97 Å². The summed E-state index contributed by atoms with van der Waals surface area (Å²) < 4.78 is 10.6. The molecule has 4 aromatic rings. The van der Waals surface area contributed by atoms with Crippen molar-refractivity contribution in [2.75, 3.05) is 14.2 Å². The number of methoxy groups -OCH3 is 2. The van der Waals surface area contributed by atoms with Crippen molar-refractivity contribution in [2.24, 2.45) is 0 Å². The van der Waals surface area contributed by atoms with Crippen molar-refractivity contribution in [2.45, 2.75) is 0 Å². The largest absolute Gasteiger partial charge is 0.497 e. The Morgan fingerprint density at radius 1 is 0.577 bits per heavy atom. The van der Waals surface area contributed by atoms with Crippen molar-refractivity contribution in [3.05, 3.63) is 72.8 Å². The smallest absolute Gasteiger partial charge is 0.119 e. The van der Waals surface area contributed by atoms with Gasteiger partial charge in [-0.15, -0.1) is 0 Å². The monoisotopic (exact) mass is 342 g/mol. The molecule has 0 amide bonds. The van der Waals surface area contributed by atoms with Crippen LogP contribution < -0.4 is 9.47 Å². The van der Waals surface area contributed by atoms with Crippen LogP contribution in [-0.4, -0.2) is 24.2 Å². The van der Waals surface area contributed by atoms with Crippen LogP contribution in [0.4, 0.5) is 0 Å². The van der Waals surface area contributed by atoms with Crippen molar-refractivity contribution in [1.29, 1.82) is 0 Å². The molecule has 0 aliphatic heterocycles. The predicted molar refractivity (Wildman–Crippen MR) is 104 cm³/mol. The summed E-state index contributed by atoms with van der Waals surface area (Å²) in [6.45, 7) is 0. The molecule has 0 N–H and O–H groups in total. The summed E-state index contributed by atoms with van der Waals surface area (Å²) >= 11 is 0. The number of benzene rings is 3. The molecule has 128 valence electrons. The van der Waals surface area contributed by atoms with Crippen molar-refractivity contribution >= 4 is 11.0 Å². The standard InChI is InChI=1S/C22H18N2O2/c1-25-17-12-10-15(11-13-17)21-22(16-6-5-7-18(14-16)26-2)24-20-9-4-3-8-19(20)23-21/h3-14H,1-2H3. The highest BCUT2D eigenvalue weighted by atomic mass is 16.5. The summed E-state index contributed by atoms with van der Waals surface area (Å²) in [6.07, 6.45) is 0. The van der Waals surface area contributed by atoms with Crippen molar-refractivity contribution in [3.8, 4) is 34.0 Å². The van der Waals surface area contributed by atoms with Crippen molar-refractivity contribution in [1.82, 2.24) is 9.97 Å². The summed E-state index contributed by atoms with van der Waals surface area (Å²) in [5.41, 5.74) is 5.34. The quantitative estimate of drug-likeness (QED) is 0.524. The predicted octanol–water partition coefficient (Wildman–Crippen LogP) is 4.98. The molecule has 4 heteroatoms. The third kappa shape index (κ3) is 2.97. The third-order valence-electron chi connectivity index (χ3n) is 4.28. The second-order valence-electron chi connectivity index (χ2n) is 5.87. The lowest BCUT2D eigenvalue weighted by atomic mass is 10.0. The van der Waals surface area contributed by atoms with Crippen LogP contribution in [0, 0.1) is 0 Å². The van der Waals surface area contributed by atoms with Crippen LogP contribution in [0.25, 0.3) is 33.5 Å². The maximum absolute atomic E-state index is 5.37. The molecule has 0 saturated carbocycles. The van der Waals surface area contributed by atoms with E-state index in [9.17, 15) is 0 Å². The van der Waals surface area contributed by atoms with Gasteiger partial charge in [0.2, 0.25) is 0 Å². The number of fused-ring (bicyclic) bond motifs is 1. The van der Waals surface area contributed by atoms with Gasteiger partial charge < -0.3 is 9.47 Å². The van der Waals surface area contributed by atoms with Crippen LogP contribution in [0.1, 0.15) is 0 Å². The average molecular weight is 342 g/mol. The van der Waals surface area contributed by atoms with Crippen LogP contribution in [0.5, 0.6) is 11.5 Å². The fourth-order valence-electron chi connectivity index (χ4n) is 2.92. The average Bonchev–Trinajstić information content (AvgIpc) is 2.73. The van der Waals surface area contributed by atoms with Crippen LogP contribution in [0.2, 0.25) is 0 Å². The first-order chi connectivity index (χ1) is 12.8. The second-order valence-corrected chi connectivity index (χ2v) is 5.87. The molecule has 0 spiro atoms. The maximum Gasteiger partial charge on any atom is 0.119 e. The Morgan fingerprint density at radius 2 is 1.19 bits per heavy atom. The van der Waals surface area contributed by atoms with Gasteiger partial charge >= 0.3 is 0 Å². The highest BCUT2D eigenvalue weighted by Crippen LogP contribution is 2.33. The fraction of sp³-hybridized carbons (Fsp3) is 0.0909. The van der Waals surface area contributed by atoms with Crippen LogP contribution in [-0.2, 0) is 0 Å². The van der Waals surface area contributed by atoms with Gasteiger partial charge in [0, 0.05) is 11.1 Å². The minimum atomic E-state index is 0.790. The SMILES string of the molecule is COc1ccc(-c2nc3ccccc3nc2-c2cccc(OC)c2)cc1. The molecule has 0 aliphatic rings.